The maximum absolute atomic E-state index is 16.4. The fourth-order valence-electron chi connectivity index (χ4n) is 9.41. The Morgan fingerprint density at radius 2 is 1.02 bits per heavy atom. The third-order valence-electron chi connectivity index (χ3n) is 13.3. The van der Waals surface area contributed by atoms with Crippen molar-refractivity contribution < 1.29 is 124 Å². The first-order chi connectivity index (χ1) is 42.1. The second-order valence-corrected chi connectivity index (χ2v) is 23.1. The first-order valence-corrected chi connectivity index (χ1v) is 32.3. The van der Waals surface area contributed by atoms with Gasteiger partial charge < -0.3 is 49.0 Å². The minimum Gasteiger partial charge on any atom is -0.790 e. The van der Waals surface area contributed by atoms with Gasteiger partial charge in [-0.1, -0.05) is 74.5 Å². The van der Waals surface area contributed by atoms with E-state index in [1.807, 2.05) is 74.5 Å². The third-order valence-corrected chi connectivity index (χ3v) is 15.5. The number of hydrogen-bond acceptors (Lipinski definition) is 18. The molecule has 4 aromatic heterocycles. The fourth-order valence-corrected chi connectivity index (χ4v) is 11.5. The van der Waals surface area contributed by atoms with E-state index in [1.165, 1.54) is 44.7 Å². The molecule has 2 fully saturated rings. The van der Waals surface area contributed by atoms with Crippen LogP contribution in [0.3, 0.4) is 0 Å². The monoisotopic (exact) mass is 1410 g/mol. The van der Waals surface area contributed by atoms with Crippen LogP contribution in [0.4, 0.5) is 30.3 Å². The number of imidazole rings is 2. The number of anilines is 2. The van der Waals surface area contributed by atoms with Gasteiger partial charge in [0.05, 0.1) is 55.3 Å². The number of amides is 4. The number of carbonyl (C=O) groups is 2. The molecule has 6 heterocycles. The van der Waals surface area contributed by atoms with Crippen molar-refractivity contribution in [3.8, 4) is 22.3 Å². The molecule has 468 valence electrons. The van der Waals surface area contributed by atoms with Crippen molar-refractivity contribution in [2.75, 3.05) is 36.9 Å². The van der Waals surface area contributed by atoms with Crippen LogP contribution in [-0.2, 0) is 61.1 Å². The van der Waals surface area contributed by atoms with E-state index in [4.69, 9.17) is 23.0 Å². The number of rotatable bonds is 20. The van der Waals surface area contributed by atoms with Crippen LogP contribution in [0.15, 0.2) is 97.6 Å². The van der Waals surface area contributed by atoms with Gasteiger partial charge in [0.15, 0.2) is 17.4 Å². The van der Waals surface area contributed by atoms with Gasteiger partial charge in [0.1, 0.15) is 22.8 Å². The molecule has 0 bridgehead atoms. The number of benzene rings is 4. The molecule has 2 radical (unpaired) electrons. The molecule has 24 nitrogen and oxygen atoms in total. The molecule has 32 heteroatoms. The summed E-state index contributed by atoms with van der Waals surface area (Å²) in [5.74, 6) is -0.656. The van der Waals surface area contributed by atoms with Crippen molar-refractivity contribution in [1.82, 2.24) is 50.5 Å². The SMILES string of the molecule is CC.CCNC(=O)Nc1nc2c([C@H]3CCCO3)c(F)c(-c3cnc(C(C)(C)OP(=O)(OCc4ccccc4)OCc4ccccc4)nc3)cc2[nH]1.CCNC(=O)Nc1nc2c([C@H]3CCCO3)c(F)c(-c3cnc(C(C)(C)OP(=O)([O-])[O-])nc3)cc2[nH]1.[B]I.[Na+].[Na+]. The number of phosphoric acid groups is 2. The van der Waals surface area contributed by atoms with Gasteiger partial charge in [0.25, 0.3) is 0 Å². The molecule has 2 aliphatic rings. The van der Waals surface area contributed by atoms with Crippen LogP contribution in [0.1, 0.15) is 127 Å². The largest absolute Gasteiger partial charge is 1.00 e. The number of ether oxygens (including phenoxy) is 2. The molecular weight excluding hydrogens is 1340 g/mol. The van der Waals surface area contributed by atoms with Gasteiger partial charge in [-0.2, -0.15) is 22.4 Å². The van der Waals surface area contributed by atoms with Gasteiger partial charge in [-0.15, -0.1) is 0 Å². The molecule has 2 atom stereocenters. The number of H-pyrrole nitrogens is 2. The van der Waals surface area contributed by atoms with Crippen LogP contribution in [0.25, 0.3) is 44.3 Å². The van der Waals surface area contributed by atoms with Crippen molar-refractivity contribution in [3.63, 3.8) is 0 Å². The third kappa shape index (κ3) is 20.2. The normalized spacial score (nSPS) is 14.8. The summed E-state index contributed by atoms with van der Waals surface area (Å²) >= 11 is 1.65. The van der Waals surface area contributed by atoms with E-state index >= 15 is 8.78 Å². The second-order valence-electron chi connectivity index (χ2n) is 20.4. The first-order valence-electron chi connectivity index (χ1n) is 28.2. The zero-order valence-corrected chi connectivity index (χ0v) is 59.6. The quantitative estimate of drug-likeness (QED) is 0.0302. The van der Waals surface area contributed by atoms with E-state index in [0.717, 1.165) is 24.0 Å². The molecule has 10 rings (SSSR count). The summed E-state index contributed by atoms with van der Waals surface area (Å²) in [5, 5.41) is 10.5. The summed E-state index contributed by atoms with van der Waals surface area (Å²) < 4.78 is 91.1. The minimum atomic E-state index is -5.29. The molecule has 90 heavy (non-hydrogen) atoms. The van der Waals surface area contributed by atoms with Crippen LogP contribution >= 0.6 is 38.0 Å². The fraction of sp³-hybridized carbons (Fsp3) is 0.379. The zero-order chi connectivity index (χ0) is 63.8. The number of hydrogen-bond donors (Lipinski definition) is 6. The van der Waals surface area contributed by atoms with Crippen molar-refractivity contribution in [2.24, 2.45) is 0 Å². The Bertz CT molecular complexity index is 3680. The first kappa shape index (κ1) is 76.0. The number of aromatic nitrogens is 8. The van der Waals surface area contributed by atoms with E-state index in [-0.39, 0.29) is 113 Å². The number of nitrogens with zero attached hydrogens (tertiary/aromatic N) is 6. The standard InChI is InChI=1S/C35H38FN6O6P.C21H26FN6O6P.C2H6.BI.2Na/c1-4-37-34(43)42-33-40-27-18-26(30(36)29(31(27)41-33)28-16-11-17-45-28)25-19-38-32(39-20-25)35(2,3)48-49(44,46-21-23-12-7-5-8-13-23)47-22-24-14-9-6-10-15-24;1-4-23-20(29)28-19-26-13-8-12(16(22)15(17(13)27-19)14-6-5-7-33-14)11-9-24-18(25-10-11)21(2,3)34-35(30,31)32;2*1-2;;/h5-10,12-15,18-20,28H,4,11,16-17,21-22H2,1-3H3,(H3,37,40,41,42,43);8-10,14H,4-7H2,1-3H3,(H2,30,31,32)(H3,23,26,27,28,29);1-2H3;;;/q;;;;2*+1/p-2/t28-;14-;;;;/m11..../s1. The van der Waals surface area contributed by atoms with Gasteiger partial charge in [-0.3, -0.25) is 24.2 Å². The Balaban J connectivity index is 0.000000318. The zero-order valence-electron chi connectivity index (χ0n) is 51.7. The molecule has 6 N–H and O–H groups in total. The molecule has 4 amide bonds. The average molecular weight is 1410 g/mol. The molecule has 0 spiro atoms. The van der Waals surface area contributed by atoms with E-state index < -0.39 is 62.8 Å². The van der Waals surface area contributed by atoms with Gasteiger partial charge in [0.2, 0.25) is 11.9 Å². The summed E-state index contributed by atoms with van der Waals surface area (Å²) in [6.45, 7) is 15.4. The van der Waals surface area contributed by atoms with Gasteiger partial charge in [-0.25, -0.2) is 52.8 Å². The maximum atomic E-state index is 16.4. The summed E-state index contributed by atoms with van der Waals surface area (Å²) in [6.07, 6.45) is 7.32. The summed E-state index contributed by atoms with van der Waals surface area (Å²) in [7, 11) is -9.46. The number of urea groups is 2. The topological polar surface area (TPSA) is 327 Å². The summed E-state index contributed by atoms with van der Waals surface area (Å²) in [4.78, 5) is 78.3. The second kappa shape index (κ2) is 35.0. The van der Waals surface area contributed by atoms with Crippen molar-refractivity contribution >= 4 is 89.7 Å². The van der Waals surface area contributed by atoms with E-state index in [1.54, 1.807) is 56.1 Å². The molecule has 2 saturated heterocycles. The van der Waals surface area contributed by atoms with E-state index in [9.17, 15) is 28.5 Å². The minimum absolute atomic E-state index is 0. The van der Waals surface area contributed by atoms with Crippen LogP contribution in [0.5, 0.6) is 0 Å². The van der Waals surface area contributed by atoms with Crippen LogP contribution < -0.4 is 90.2 Å². The van der Waals surface area contributed by atoms with Gasteiger partial charge in [-0.05, 0) is 90.5 Å². The molecular formula is C58H68BF2IN12Na2O12P2. The van der Waals surface area contributed by atoms with Crippen molar-refractivity contribution in [3.05, 3.63) is 143 Å². The predicted octanol–water partition coefficient (Wildman–Crippen LogP) is 5.72. The van der Waals surface area contributed by atoms with Gasteiger partial charge >= 0.3 is 79.0 Å². The van der Waals surface area contributed by atoms with Crippen molar-refractivity contribution in [1.29, 1.82) is 0 Å². The Kier molecular flexibility index (Phi) is 29.6. The predicted molar refractivity (Wildman–Crippen MR) is 332 cm³/mol. The molecule has 2 aliphatic heterocycles. The van der Waals surface area contributed by atoms with E-state index in [2.05, 4.69) is 71.4 Å². The van der Waals surface area contributed by atoms with Crippen LogP contribution in [0.2, 0.25) is 0 Å². The molecule has 8 aromatic rings. The van der Waals surface area contributed by atoms with Gasteiger partial charge in [0, 0.05) is 84.5 Å². The Morgan fingerprint density at radius 3 is 1.36 bits per heavy atom. The number of aromatic amines is 2. The number of fused-ring (bicyclic) bond motifs is 2. The average Bonchev–Trinajstić information content (AvgIpc) is 3.00. The molecule has 0 unspecified atom stereocenters. The Labute approximate surface area is 579 Å². The number of phosphoric ester groups is 2. The number of halogens is 3. The van der Waals surface area contributed by atoms with E-state index in [0.29, 0.717) is 77.9 Å². The summed E-state index contributed by atoms with van der Waals surface area (Å²) in [6, 6.07) is 20.8. The van der Waals surface area contributed by atoms with Crippen LogP contribution in [-0.4, -0.2) is 83.9 Å². The van der Waals surface area contributed by atoms with Crippen LogP contribution in [0, 0.1) is 11.6 Å². The molecule has 0 saturated carbocycles. The molecule has 4 aromatic carbocycles. The molecule has 0 aliphatic carbocycles. The maximum Gasteiger partial charge on any atom is 1.00 e. The summed E-state index contributed by atoms with van der Waals surface area (Å²) in [5.41, 5.74) is 6.38. The number of carbonyl (C=O) groups excluding carboxylic acids is 2. The Hall–Kier alpha value is -4.69. The Morgan fingerprint density at radius 1 is 0.656 bits per heavy atom. The van der Waals surface area contributed by atoms with Crippen molar-refractivity contribution in [2.45, 2.75) is 118 Å². The smallest absolute Gasteiger partial charge is 0.790 e. The number of nitrogens with one attached hydrogen (secondary N) is 6.